The Balaban J connectivity index is 1.27. The van der Waals surface area contributed by atoms with E-state index in [1.54, 1.807) is 23.9 Å². The molecule has 0 bridgehead atoms. The van der Waals surface area contributed by atoms with Crippen molar-refractivity contribution in [2.75, 3.05) is 13.1 Å². The van der Waals surface area contributed by atoms with Crippen molar-refractivity contribution >= 4 is 27.5 Å². The van der Waals surface area contributed by atoms with Gasteiger partial charge in [-0.25, -0.2) is 4.98 Å². The highest BCUT2D eigenvalue weighted by Gasteiger charge is 2.27. The van der Waals surface area contributed by atoms with E-state index in [9.17, 15) is 9.59 Å². The van der Waals surface area contributed by atoms with Crippen LogP contribution in [0, 0.1) is 12.8 Å². The average Bonchev–Trinajstić information content (AvgIpc) is 3.35. The molecule has 3 aromatic rings. The number of carbonyl (C=O) groups is 1. The Bertz CT molecular complexity index is 1170. The van der Waals surface area contributed by atoms with E-state index in [1.165, 1.54) is 10.4 Å². The van der Waals surface area contributed by atoms with Crippen LogP contribution in [-0.2, 0) is 24.2 Å². The Morgan fingerprint density at radius 2 is 2.06 bits per heavy atom. The topological polar surface area (TPSA) is 73.0 Å². The zero-order valence-electron chi connectivity index (χ0n) is 18.2. The number of hydrogen-bond acceptors (Lipinski definition) is 5. The highest BCUT2D eigenvalue weighted by Crippen LogP contribution is 2.36. The fraction of sp³-hybridized carbons (Fsp3) is 0.565. The maximum absolute atomic E-state index is 13.4. The molecule has 1 fully saturated rings. The summed E-state index contributed by atoms with van der Waals surface area (Å²) in [6.07, 6.45) is 8.74. The van der Waals surface area contributed by atoms with Gasteiger partial charge in [0.2, 0.25) is 5.91 Å². The van der Waals surface area contributed by atoms with Gasteiger partial charge in [0.05, 0.1) is 11.7 Å². The molecule has 8 heteroatoms. The van der Waals surface area contributed by atoms with Crippen LogP contribution in [0.2, 0.25) is 0 Å². The SMILES string of the molecule is Cc1ccnn1CCC(=O)N1CCC(n2cnc3sc4c(c3c2=O)CC[C@@H](C)C4)CC1. The molecule has 5 rings (SSSR count). The fourth-order valence-corrected chi connectivity index (χ4v) is 6.33. The molecule has 1 amide bonds. The lowest BCUT2D eigenvalue weighted by molar-refractivity contribution is -0.132. The van der Waals surface area contributed by atoms with Crippen molar-refractivity contribution in [3.63, 3.8) is 0 Å². The number of carbonyl (C=O) groups excluding carboxylic acids is 1. The Hall–Kier alpha value is -2.48. The molecular weight excluding hydrogens is 410 g/mol. The van der Waals surface area contributed by atoms with E-state index in [1.807, 2.05) is 27.1 Å². The smallest absolute Gasteiger partial charge is 0.262 e. The van der Waals surface area contributed by atoms with E-state index in [0.717, 1.165) is 48.0 Å². The summed E-state index contributed by atoms with van der Waals surface area (Å²) in [6, 6.07) is 2.06. The highest BCUT2D eigenvalue weighted by atomic mass is 32.1. The first kappa shape index (κ1) is 20.4. The predicted molar refractivity (Wildman–Crippen MR) is 122 cm³/mol. The van der Waals surface area contributed by atoms with Crippen molar-refractivity contribution in [1.29, 1.82) is 0 Å². The van der Waals surface area contributed by atoms with E-state index < -0.39 is 0 Å². The maximum Gasteiger partial charge on any atom is 0.262 e. The molecule has 1 atom stereocenters. The van der Waals surface area contributed by atoms with Crippen molar-refractivity contribution in [2.24, 2.45) is 5.92 Å². The summed E-state index contributed by atoms with van der Waals surface area (Å²) in [7, 11) is 0. The molecule has 1 aliphatic carbocycles. The van der Waals surface area contributed by atoms with Crippen molar-refractivity contribution in [3.8, 4) is 0 Å². The van der Waals surface area contributed by atoms with Crippen molar-refractivity contribution in [2.45, 2.75) is 65.0 Å². The molecule has 0 saturated carbocycles. The first-order valence-corrected chi connectivity index (χ1v) is 12.1. The quantitative estimate of drug-likeness (QED) is 0.625. The number of aryl methyl sites for hydroxylation is 3. The van der Waals surface area contributed by atoms with E-state index in [-0.39, 0.29) is 17.5 Å². The number of amides is 1. The predicted octanol–water partition coefficient (Wildman–Crippen LogP) is 3.34. The summed E-state index contributed by atoms with van der Waals surface area (Å²) in [5.74, 6) is 0.845. The van der Waals surface area contributed by atoms with Crippen molar-refractivity contribution < 1.29 is 4.79 Å². The molecule has 0 N–H and O–H groups in total. The first-order valence-electron chi connectivity index (χ1n) is 11.3. The molecule has 0 spiro atoms. The van der Waals surface area contributed by atoms with E-state index in [0.29, 0.717) is 32.0 Å². The van der Waals surface area contributed by atoms with Gasteiger partial charge in [-0.05, 0) is 56.6 Å². The molecular formula is C23H29N5O2S. The lowest BCUT2D eigenvalue weighted by Gasteiger charge is -2.33. The van der Waals surface area contributed by atoms with Gasteiger partial charge in [-0.2, -0.15) is 5.10 Å². The first-order chi connectivity index (χ1) is 15.0. The van der Waals surface area contributed by atoms with E-state index in [4.69, 9.17) is 0 Å². The third-order valence-corrected chi connectivity index (χ3v) is 8.08. The second-order valence-corrected chi connectivity index (χ2v) is 10.1. The Labute approximate surface area is 185 Å². The van der Waals surface area contributed by atoms with Gasteiger partial charge in [-0.3, -0.25) is 18.8 Å². The number of rotatable bonds is 4. The number of likely N-dealkylation sites (tertiary alicyclic amines) is 1. The third-order valence-electron chi connectivity index (χ3n) is 6.92. The molecule has 0 radical (unpaired) electrons. The Kier molecular flexibility index (Phi) is 5.42. The highest BCUT2D eigenvalue weighted by molar-refractivity contribution is 7.18. The van der Waals surface area contributed by atoms with E-state index >= 15 is 0 Å². The zero-order chi connectivity index (χ0) is 21.5. The monoisotopic (exact) mass is 439 g/mol. The van der Waals surface area contributed by atoms with Gasteiger partial charge in [-0.15, -0.1) is 11.3 Å². The van der Waals surface area contributed by atoms with Gasteiger partial charge in [0.1, 0.15) is 4.83 Å². The second kappa shape index (κ2) is 8.22. The molecule has 31 heavy (non-hydrogen) atoms. The summed E-state index contributed by atoms with van der Waals surface area (Å²) in [5, 5.41) is 5.10. The minimum atomic E-state index is 0.107. The molecule has 3 aromatic heterocycles. The molecule has 1 saturated heterocycles. The number of piperidine rings is 1. The Morgan fingerprint density at radius 3 is 2.81 bits per heavy atom. The van der Waals surface area contributed by atoms with Gasteiger partial charge in [-0.1, -0.05) is 6.92 Å². The normalized spacial score (nSPS) is 19.7. The standard InChI is InChI=1S/C23H29N5O2S/c1-15-3-4-18-19(13-15)31-22-21(18)23(30)27(14-24-22)17-6-10-26(11-7-17)20(29)8-12-28-16(2)5-9-25-28/h5,9,14-15,17H,3-4,6-8,10-13H2,1-2H3/t15-/m1/s1. The van der Waals surface area contributed by atoms with Gasteiger partial charge in [0, 0.05) is 48.9 Å². The average molecular weight is 440 g/mol. The molecule has 7 nitrogen and oxygen atoms in total. The molecule has 2 aliphatic rings. The summed E-state index contributed by atoms with van der Waals surface area (Å²) in [5.41, 5.74) is 2.42. The van der Waals surface area contributed by atoms with Crippen LogP contribution >= 0.6 is 11.3 Å². The van der Waals surface area contributed by atoms with Crippen LogP contribution in [0.25, 0.3) is 10.2 Å². The zero-order valence-corrected chi connectivity index (χ0v) is 19.0. The van der Waals surface area contributed by atoms with Gasteiger partial charge >= 0.3 is 0 Å². The van der Waals surface area contributed by atoms with Crippen LogP contribution in [0.1, 0.15) is 54.8 Å². The van der Waals surface area contributed by atoms with Gasteiger partial charge < -0.3 is 4.90 Å². The maximum atomic E-state index is 13.4. The van der Waals surface area contributed by atoms with Crippen LogP contribution in [0.5, 0.6) is 0 Å². The summed E-state index contributed by atoms with van der Waals surface area (Å²) >= 11 is 1.70. The minimum absolute atomic E-state index is 0.107. The summed E-state index contributed by atoms with van der Waals surface area (Å²) in [6.45, 7) is 6.26. The number of thiophene rings is 1. The van der Waals surface area contributed by atoms with Crippen molar-refractivity contribution in [1.82, 2.24) is 24.2 Å². The summed E-state index contributed by atoms with van der Waals surface area (Å²) < 4.78 is 3.70. The lowest BCUT2D eigenvalue weighted by atomic mass is 9.89. The second-order valence-electron chi connectivity index (χ2n) is 9.05. The van der Waals surface area contributed by atoms with E-state index in [2.05, 4.69) is 17.0 Å². The lowest BCUT2D eigenvalue weighted by Crippen LogP contribution is -2.41. The fourth-order valence-electron chi connectivity index (χ4n) is 4.99. The molecule has 164 valence electrons. The van der Waals surface area contributed by atoms with Crippen molar-refractivity contribution in [3.05, 3.63) is 45.1 Å². The third kappa shape index (κ3) is 3.82. The number of nitrogens with zero attached hydrogens (tertiary/aromatic N) is 5. The van der Waals surface area contributed by atoms with Gasteiger partial charge in [0.25, 0.3) is 5.56 Å². The molecule has 0 aromatic carbocycles. The largest absolute Gasteiger partial charge is 0.342 e. The van der Waals surface area contributed by atoms with Crippen LogP contribution in [0.4, 0.5) is 0 Å². The molecule has 0 unspecified atom stereocenters. The number of hydrogen-bond donors (Lipinski definition) is 0. The summed E-state index contributed by atoms with van der Waals surface area (Å²) in [4.78, 5) is 34.8. The number of fused-ring (bicyclic) bond motifs is 3. The molecule has 4 heterocycles. The van der Waals surface area contributed by atoms with Gasteiger partial charge in [0.15, 0.2) is 0 Å². The van der Waals surface area contributed by atoms with Crippen LogP contribution in [0.15, 0.2) is 23.4 Å². The molecule has 1 aliphatic heterocycles. The van der Waals surface area contributed by atoms with Crippen LogP contribution in [-0.4, -0.2) is 43.2 Å². The minimum Gasteiger partial charge on any atom is -0.342 e. The van der Waals surface area contributed by atoms with Crippen LogP contribution in [0.3, 0.4) is 0 Å². The van der Waals surface area contributed by atoms with Crippen LogP contribution < -0.4 is 5.56 Å². The number of aromatic nitrogens is 4. The Morgan fingerprint density at radius 1 is 1.26 bits per heavy atom.